The van der Waals surface area contributed by atoms with Crippen LogP contribution >= 0.6 is 0 Å². The molecule has 1 fully saturated rings. The smallest absolute Gasteiger partial charge is 0.322 e. The second-order valence-corrected chi connectivity index (χ2v) is 10.6. The number of hydrogen-bond donors (Lipinski definition) is 4. The average molecular weight is 527 g/mol. The van der Waals surface area contributed by atoms with Crippen molar-refractivity contribution in [1.29, 1.82) is 0 Å². The summed E-state index contributed by atoms with van der Waals surface area (Å²) in [6.45, 7) is 1.87. The summed E-state index contributed by atoms with van der Waals surface area (Å²) in [4.78, 5) is 27.0. The molecule has 0 aliphatic carbocycles. The third-order valence-electron chi connectivity index (χ3n) is 6.13. The Balaban J connectivity index is 1.52. The van der Waals surface area contributed by atoms with Crippen molar-refractivity contribution in [3.63, 3.8) is 0 Å². The van der Waals surface area contributed by atoms with Crippen LogP contribution in [0.25, 0.3) is 11.1 Å². The van der Waals surface area contributed by atoms with Crippen LogP contribution in [0, 0.1) is 12.7 Å². The van der Waals surface area contributed by atoms with Crippen molar-refractivity contribution in [3.8, 4) is 11.1 Å². The van der Waals surface area contributed by atoms with Gasteiger partial charge in [-0.3, -0.25) is 4.79 Å². The zero-order chi connectivity index (χ0) is 26.7. The van der Waals surface area contributed by atoms with Crippen molar-refractivity contribution in [2.75, 3.05) is 24.2 Å². The number of aryl methyl sites for hydroxylation is 1. The number of aliphatic hydroxyl groups is 1. The number of carbonyl (C=O) groups excluding carboxylic acids is 2. The van der Waals surface area contributed by atoms with Crippen molar-refractivity contribution < 1.29 is 27.5 Å². The molecule has 9 nitrogen and oxygen atoms in total. The van der Waals surface area contributed by atoms with Crippen LogP contribution in [-0.4, -0.2) is 56.1 Å². The number of urea groups is 1. The first-order valence-electron chi connectivity index (χ1n) is 11.5. The molecule has 2 atom stereocenters. The van der Waals surface area contributed by atoms with E-state index in [1.165, 1.54) is 30.1 Å². The van der Waals surface area contributed by atoms with E-state index in [2.05, 4.69) is 15.4 Å². The second-order valence-electron chi connectivity index (χ2n) is 8.74. The third-order valence-corrected chi connectivity index (χ3v) is 7.60. The lowest BCUT2D eigenvalue weighted by molar-refractivity contribution is -0.119. The lowest BCUT2D eigenvalue weighted by Gasteiger charge is -2.24. The highest BCUT2D eigenvalue weighted by Crippen LogP contribution is 2.30. The van der Waals surface area contributed by atoms with Gasteiger partial charge >= 0.3 is 6.03 Å². The first-order valence-corrected chi connectivity index (χ1v) is 13.0. The van der Waals surface area contributed by atoms with Gasteiger partial charge in [0.1, 0.15) is 11.9 Å². The van der Waals surface area contributed by atoms with Gasteiger partial charge in [0, 0.05) is 24.2 Å². The number of β-amino-alcohol motifs (C(OH)–C–C–N with tert-alkyl or cyclic N) is 1. The number of nitrogens with one attached hydrogen (secondary N) is 3. The van der Waals surface area contributed by atoms with Crippen molar-refractivity contribution in [1.82, 2.24) is 9.62 Å². The molecule has 0 bridgehead atoms. The molecule has 1 saturated heterocycles. The Kier molecular flexibility index (Phi) is 7.58. The summed E-state index contributed by atoms with van der Waals surface area (Å²) in [7, 11) is -2.50. The normalized spacial score (nSPS) is 17.5. The van der Waals surface area contributed by atoms with Crippen LogP contribution in [0.15, 0.2) is 71.6 Å². The number of likely N-dealkylation sites (tertiary alicyclic amines) is 1. The molecule has 4 rings (SSSR count). The maximum atomic E-state index is 15.0. The Morgan fingerprint density at radius 1 is 1.03 bits per heavy atom. The van der Waals surface area contributed by atoms with Crippen LogP contribution in [-0.2, 0) is 14.8 Å². The van der Waals surface area contributed by atoms with Gasteiger partial charge in [-0.25, -0.2) is 22.3 Å². The Labute approximate surface area is 214 Å². The molecule has 0 unspecified atom stereocenters. The third kappa shape index (κ3) is 5.79. The lowest BCUT2D eigenvalue weighted by Crippen LogP contribution is -2.45. The SMILES string of the molecule is CNS(=O)(=O)c1ccccc1-c1ccc(NC(=O)[C@H]2C[C@@H](O)CN2C(=O)Nc2ccc(C)cc2)c(F)c1. The predicted octanol–water partition coefficient (Wildman–Crippen LogP) is 3.32. The van der Waals surface area contributed by atoms with Crippen LogP contribution in [0.1, 0.15) is 12.0 Å². The number of rotatable bonds is 6. The van der Waals surface area contributed by atoms with E-state index in [1.807, 2.05) is 19.1 Å². The van der Waals surface area contributed by atoms with Gasteiger partial charge < -0.3 is 20.6 Å². The molecule has 0 aromatic heterocycles. The molecule has 4 N–H and O–H groups in total. The van der Waals surface area contributed by atoms with Crippen molar-refractivity contribution in [3.05, 3.63) is 78.1 Å². The molecule has 1 aliphatic heterocycles. The molecule has 0 saturated carbocycles. The number of halogens is 1. The maximum Gasteiger partial charge on any atom is 0.322 e. The largest absolute Gasteiger partial charge is 0.391 e. The monoisotopic (exact) mass is 526 g/mol. The van der Waals surface area contributed by atoms with E-state index in [0.717, 1.165) is 11.6 Å². The van der Waals surface area contributed by atoms with Gasteiger partial charge in [-0.05, 0) is 49.9 Å². The fourth-order valence-electron chi connectivity index (χ4n) is 4.17. The quantitative estimate of drug-likeness (QED) is 0.392. The zero-order valence-corrected chi connectivity index (χ0v) is 21.0. The Bertz CT molecular complexity index is 1430. The number of aliphatic hydroxyl groups excluding tert-OH is 1. The van der Waals surface area contributed by atoms with Gasteiger partial charge in [-0.15, -0.1) is 0 Å². The minimum Gasteiger partial charge on any atom is -0.391 e. The standard InChI is InChI=1S/C26H27FN4O5S/c1-16-7-10-18(11-8-16)29-26(34)31-15-19(32)14-23(31)25(33)30-22-12-9-17(13-21(22)27)20-5-3-4-6-24(20)37(35,36)28-2/h3-13,19,23,28,32H,14-15H2,1-2H3,(H,29,34)(H,30,33)/t19-,23-/m1/s1. The van der Waals surface area contributed by atoms with E-state index in [1.54, 1.807) is 30.3 Å². The zero-order valence-electron chi connectivity index (χ0n) is 20.2. The van der Waals surface area contributed by atoms with Crippen LogP contribution in [0.5, 0.6) is 0 Å². The van der Waals surface area contributed by atoms with Crippen LogP contribution < -0.4 is 15.4 Å². The van der Waals surface area contributed by atoms with Gasteiger partial charge in [-0.2, -0.15) is 0 Å². The number of sulfonamides is 1. The maximum absolute atomic E-state index is 15.0. The summed E-state index contributed by atoms with van der Waals surface area (Å²) < 4.78 is 42.0. The first-order chi connectivity index (χ1) is 17.6. The van der Waals surface area contributed by atoms with Crippen LogP contribution in [0.3, 0.4) is 0 Å². The molecule has 194 valence electrons. The lowest BCUT2D eigenvalue weighted by atomic mass is 10.0. The average Bonchev–Trinajstić information content (AvgIpc) is 3.28. The molecular formula is C26H27FN4O5S. The molecule has 3 aromatic rings. The van der Waals surface area contributed by atoms with Gasteiger partial charge in [0.25, 0.3) is 0 Å². The molecule has 37 heavy (non-hydrogen) atoms. The van der Waals surface area contributed by atoms with Gasteiger partial charge in [0.05, 0.1) is 16.7 Å². The number of nitrogens with zero attached hydrogens (tertiary/aromatic N) is 1. The number of hydrogen-bond acceptors (Lipinski definition) is 5. The van der Waals surface area contributed by atoms with E-state index >= 15 is 4.39 Å². The number of amides is 3. The van der Waals surface area contributed by atoms with Crippen molar-refractivity contribution >= 4 is 33.3 Å². The minimum absolute atomic E-state index is 0.00209. The Hall–Kier alpha value is -3.80. The van der Waals surface area contributed by atoms with Crippen LogP contribution in [0.2, 0.25) is 0 Å². The molecule has 1 heterocycles. The molecule has 3 aromatic carbocycles. The highest BCUT2D eigenvalue weighted by atomic mass is 32.2. The minimum atomic E-state index is -3.78. The highest BCUT2D eigenvalue weighted by Gasteiger charge is 2.39. The molecule has 0 spiro atoms. The summed E-state index contributed by atoms with van der Waals surface area (Å²) in [6, 6.07) is 15.7. The first kappa shape index (κ1) is 26.3. The van der Waals surface area contributed by atoms with E-state index in [9.17, 15) is 23.1 Å². The van der Waals surface area contributed by atoms with E-state index < -0.39 is 39.9 Å². The summed E-state index contributed by atoms with van der Waals surface area (Å²) in [5.41, 5.74) is 2.03. The molecule has 3 amide bonds. The fourth-order valence-corrected chi connectivity index (χ4v) is 5.12. The van der Waals surface area contributed by atoms with Crippen LogP contribution in [0.4, 0.5) is 20.6 Å². The van der Waals surface area contributed by atoms with Gasteiger partial charge in [0.2, 0.25) is 15.9 Å². The summed E-state index contributed by atoms with van der Waals surface area (Å²) in [5.74, 6) is -1.43. The number of carbonyl (C=O) groups is 2. The molecule has 0 radical (unpaired) electrons. The van der Waals surface area contributed by atoms with E-state index in [0.29, 0.717) is 16.8 Å². The van der Waals surface area contributed by atoms with Gasteiger partial charge in [-0.1, -0.05) is 42.0 Å². The summed E-state index contributed by atoms with van der Waals surface area (Å²) >= 11 is 0. The molecule has 1 aliphatic rings. The fraction of sp³-hybridized carbons (Fsp3) is 0.231. The van der Waals surface area contributed by atoms with E-state index in [4.69, 9.17) is 0 Å². The molecular weight excluding hydrogens is 499 g/mol. The van der Waals surface area contributed by atoms with Crippen molar-refractivity contribution in [2.24, 2.45) is 0 Å². The van der Waals surface area contributed by atoms with E-state index in [-0.39, 0.29) is 23.5 Å². The highest BCUT2D eigenvalue weighted by molar-refractivity contribution is 7.89. The number of anilines is 2. The summed E-state index contributed by atoms with van der Waals surface area (Å²) in [5, 5.41) is 15.3. The topological polar surface area (TPSA) is 128 Å². The Morgan fingerprint density at radius 2 is 1.73 bits per heavy atom. The van der Waals surface area contributed by atoms with Crippen molar-refractivity contribution in [2.45, 2.75) is 30.4 Å². The Morgan fingerprint density at radius 3 is 2.41 bits per heavy atom. The number of benzene rings is 3. The second kappa shape index (κ2) is 10.7. The summed E-state index contributed by atoms with van der Waals surface area (Å²) in [6.07, 6.45) is -0.903. The van der Waals surface area contributed by atoms with Gasteiger partial charge in [0.15, 0.2) is 0 Å². The predicted molar refractivity (Wildman–Crippen MR) is 138 cm³/mol. The molecule has 11 heteroatoms.